The summed E-state index contributed by atoms with van der Waals surface area (Å²) in [4.78, 5) is 2.18. The van der Waals surface area contributed by atoms with Gasteiger partial charge < -0.3 is 5.11 Å². The van der Waals surface area contributed by atoms with E-state index in [0.717, 1.165) is 32.0 Å². The fourth-order valence-electron chi connectivity index (χ4n) is 2.74. The number of rotatable bonds is 4. The molecule has 2 nitrogen and oxygen atoms in total. The third kappa shape index (κ3) is 2.70. The molecule has 1 aliphatic heterocycles. The van der Waals surface area contributed by atoms with E-state index in [1.807, 2.05) is 6.92 Å². The second-order valence-corrected chi connectivity index (χ2v) is 4.92. The van der Waals surface area contributed by atoms with Crippen molar-refractivity contribution in [2.75, 3.05) is 19.7 Å². The highest BCUT2D eigenvalue weighted by atomic mass is 19.1. The Morgan fingerprint density at radius 1 is 1.44 bits per heavy atom. The van der Waals surface area contributed by atoms with Gasteiger partial charge in [0.15, 0.2) is 0 Å². The van der Waals surface area contributed by atoms with E-state index in [4.69, 9.17) is 5.11 Å². The molecule has 1 aliphatic rings. The Kier molecular flexibility index (Phi) is 4.30. The Hall–Kier alpha value is -1.00. The lowest BCUT2D eigenvalue weighted by Crippen LogP contribution is -2.27. The zero-order chi connectivity index (χ0) is 13.1. The molecule has 4 heteroatoms. The maximum Gasteiger partial charge on any atom is 0.130 e. The molecule has 0 aromatic heterocycles. The van der Waals surface area contributed by atoms with Gasteiger partial charge in [0.2, 0.25) is 0 Å². The van der Waals surface area contributed by atoms with E-state index in [2.05, 4.69) is 4.90 Å². The van der Waals surface area contributed by atoms with Gasteiger partial charge in [0.1, 0.15) is 11.6 Å². The minimum atomic E-state index is -0.541. The van der Waals surface area contributed by atoms with Gasteiger partial charge in [-0.25, -0.2) is 8.78 Å². The summed E-state index contributed by atoms with van der Waals surface area (Å²) < 4.78 is 26.7. The van der Waals surface area contributed by atoms with E-state index >= 15 is 0 Å². The van der Waals surface area contributed by atoms with Gasteiger partial charge in [0.05, 0.1) is 0 Å². The molecule has 2 rings (SSSR count). The summed E-state index contributed by atoms with van der Waals surface area (Å²) in [6, 6.07) is 3.76. The van der Waals surface area contributed by atoms with Crippen molar-refractivity contribution in [1.29, 1.82) is 0 Å². The van der Waals surface area contributed by atoms with Crippen LogP contribution < -0.4 is 0 Å². The van der Waals surface area contributed by atoms with Gasteiger partial charge >= 0.3 is 0 Å². The van der Waals surface area contributed by atoms with E-state index in [-0.39, 0.29) is 18.6 Å². The van der Waals surface area contributed by atoms with Crippen molar-refractivity contribution in [3.63, 3.8) is 0 Å². The Morgan fingerprint density at radius 2 is 2.22 bits per heavy atom. The van der Waals surface area contributed by atoms with Gasteiger partial charge in [-0.3, -0.25) is 4.90 Å². The average Bonchev–Trinajstić information content (AvgIpc) is 2.81. The molecule has 18 heavy (non-hydrogen) atoms. The summed E-state index contributed by atoms with van der Waals surface area (Å²) in [5.41, 5.74) is 0.553. The van der Waals surface area contributed by atoms with Crippen LogP contribution in [-0.2, 0) is 0 Å². The van der Waals surface area contributed by atoms with Crippen LogP contribution in [0.3, 0.4) is 0 Å². The van der Waals surface area contributed by atoms with Crippen molar-refractivity contribution in [3.05, 3.63) is 35.4 Å². The summed E-state index contributed by atoms with van der Waals surface area (Å²) in [5.74, 6) is -0.738. The first kappa shape index (κ1) is 13.4. The lowest BCUT2D eigenvalue weighted by Gasteiger charge is -2.27. The average molecular weight is 255 g/mol. The van der Waals surface area contributed by atoms with Crippen molar-refractivity contribution in [2.24, 2.45) is 5.92 Å². The van der Waals surface area contributed by atoms with Crippen LogP contribution in [0.4, 0.5) is 8.78 Å². The van der Waals surface area contributed by atoms with Crippen LogP contribution in [0.15, 0.2) is 18.2 Å². The first-order valence-electron chi connectivity index (χ1n) is 6.45. The fraction of sp³-hybridized carbons (Fsp3) is 0.571. The summed E-state index contributed by atoms with van der Waals surface area (Å²) in [6.07, 6.45) is 1.72. The molecule has 1 N–H and O–H groups in total. The monoisotopic (exact) mass is 255 g/mol. The standard InChI is InChI=1S/C14H19F2NO/c1-2-14(17-6-5-10(8-17)9-18)12-4-3-11(15)7-13(12)16/h3-4,7,10,14,18H,2,5-6,8-9H2,1H3. The lowest BCUT2D eigenvalue weighted by molar-refractivity contribution is 0.193. The van der Waals surface area contributed by atoms with Crippen molar-refractivity contribution < 1.29 is 13.9 Å². The van der Waals surface area contributed by atoms with Crippen LogP contribution in [0.1, 0.15) is 31.4 Å². The van der Waals surface area contributed by atoms with Crippen LogP contribution in [0, 0.1) is 17.6 Å². The number of likely N-dealkylation sites (tertiary alicyclic amines) is 1. The van der Waals surface area contributed by atoms with Crippen LogP contribution in [0.5, 0.6) is 0 Å². The van der Waals surface area contributed by atoms with E-state index in [9.17, 15) is 8.78 Å². The second kappa shape index (κ2) is 5.76. The van der Waals surface area contributed by atoms with Gasteiger partial charge in [-0.05, 0) is 31.4 Å². The van der Waals surface area contributed by atoms with Gasteiger partial charge in [0, 0.05) is 30.8 Å². The molecule has 1 heterocycles. The van der Waals surface area contributed by atoms with Crippen molar-refractivity contribution in [3.8, 4) is 0 Å². The molecule has 1 saturated heterocycles. The fourth-order valence-corrected chi connectivity index (χ4v) is 2.74. The minimum Gasteiger partial charge on any atom is -0.396 e. The van der Waals surface area contributed by atoms with Gasteiger partial charge in [-0.15, -0.1) is 0 Å². The number of halogens is 2. The quantitative estimate of drug-likeness (QED) is 0.894. The van der Waals surface area contributed by atoms with Crippen molar-refractivity contribution in [1.82, 2.24) is 4.90 Å². The minimum absolute atomic E-state index is 0.0258. The molecule has 2 unspecified atom stereocenters. The number of nitrogens with zero attached hydrogens (tertiary/aromatic N) is 1. The summed E-state index contributed by atoms with van der Waals surface area (Å²) in [6.45, 7) is 3.82. The maximum atomic E-state index is 13.8. The highest BCUT2D eigenvalue weighted by Crippen LogP contribution is 2.31. The molecule has 1 aromatic carbocycles. The van der Waals surface area contributed by atoms with E-state index in [0.29, 0.717) is 5.56 Å². The zero-order valence-electron chi connectivity index (χ0n) is 10.6. The molecule has 0 bridgehead atoms. The van der Waals surface area contributed by atoms with Crippen molar-refractivity contribution in [2.45, 2.75) is 25.8 Å². The molecule has 0 amide bonds. The number of hydrogen-bond acceptors (Lipinski definition) is 2. The largest absolute Gasteiger partial charge is 0.396 e. The Balaban J connectivity index is 2.18. The van der Waals surface area contributed by atoms with E-state index in [1.54, 1.807) is 0 Å². The lowest BCUT2D eigenvalue weighted by atomic mass is 10.0. The highest BCUT2D eigenvalue weighted by Gasteiger charge is 2.29. The predicted octanol–water partition coefficient (Wildman–Crippen LogP) is 2.73. The van der Waals surface area contributed by atoms with Gasteiger partial charge in [-0.2, -0.15) is 0 Å². The molecule has 100 valence electrons. The zero-order valence-corrected chi connectivity index (χ0v) is 10.6. The number of aliphatic hydroxyl groups is 1. The third-order valence-electron chi connectivity index (χ3n) is 3.72. The Morgan fingerprint density at radius 3 is 2.78 bits per heavy atom. The summed E-state index contributed by atoms with van der Waals surface area (Å²) in [7, 11) is 0. The second-order valence-electron chi connectivity index (χ2n) is 4.92. The maximum absolute atomic E-state index is 13.8. The summed E-state index contributed by atoms with van der Waals surface area (Å²) in [5, 5.41) is 9.15. The smallest absolute Gasteiger partial charge is 0.130 e. The third-order valence-corrected chi connectivity index (χ3v) is 3.72. The van der Waals surface area contributed by atoms with E-state index < -0.39 is 11.6 Å². The van der Waals surface area contributed by atoms with Crippen molar-refractivity contribution >= 4 is 0 Å². The molecule has 0 radical (unpaired) electrons. The highest BCUT2D eigenvalue weighted by molar-refractivity contribution is 5.22. The Labute approximate surface area is 106 Å². The molecule has 0 spiro atoms. The van der Waals surface area contributed by atoms with Crippen LogP contribution in [0.2, 0.25) is 0 Å². The number of benzene rings is 1. The number of hydrogen-bond donors (Lipinski definition) is 1. The number of aliphatic hydroxyl groups excluding tert-OH is 1. The molecular weight excluding hydrogens is 236 g/mol. The van der Waals surface area contributed by atoms with Crippen LogP contribution in [-0.4, -0.2) is 29.7 Å². The first-order valence-corrected chi connectivity index (χ1v) is 6.45. The summed E-state index contributed by atoms with van der Waals surface area (Å²) >= 11 is 0. The molecule has 2 atom stereocenters. The Bertz CT molecular complexity index is 411. The topological polar surface area (TPSA) is 23.5 Å². The normalized spacial score (nSPS) is 22.3. The van der Waals surface area contributed by atoms with Crippen LogP contribution in [0.25, 0.3) is 0 Å². The van der Waals surface area contributed by atoms with E-state index in [1.165, 1.54) is 12.1 Å². The molecule has 0 aliphatic carbocycles. The van der Waals surface area contributed by atoms with Gasteiger partial charge in [-0.1, -0.05) is 13.0 Å². The van der Waals surface area contributed by atoms with Gasteiger partial charge in [0.25, 0.3) is 0 Å². The molecule has 0 saturated carbocycles. The van der Waals surface area contributed by atoms with Crippen LogP contribution >= 0.6 is 0 Å². The SMILES string of the molecule is CCC(c1ccc(F)cc1F)N1CCC(CO)C1. The molecule has 1 fully saturated rings. The molecule has 1 aromatic rings. The predicted molar refractivity (Wildman–Crippen MR) is 66.2 cm³/mol. The first-order chi connectivity index (χ1) is 8.65. The molecular formula is C14H19F2NO.